The molecule has 0 bridgehead atoms. The summed E-state index contributed by atoms with van der Waals surface area (Å²) in [5.41, 5.74) is 0.851. The molecule has 2 aliphatic rings. The SMILES string of the molecule is Cl.O=C(CN1CCN(C2CCNC2)CC1)Nc1ccc(Br)cc1. The summed E-state index contributed by atoms with van der Waals surface area (Å²) >= 11 is 3.39. The number of halogens is 2. The number of piperazine rings is 1. The van der Waals surface area contributed by atoms with Gasteiger partial charge in [0.1, 0.15) is 0 Å². The summed E-state index contributed by atoms with van der Waals surface area (Å²) in [6.45, 7) is 6.82. The molecule has 128 valence electrons. The van der Waals surface area contributed by atoms with Gasteiger partial charge in [0.15, 0.2) is 0 Å². The first-order valence-electron chi connectivity index (χ1n) is 7.93. The van der Waals surface area contributed by atoms with Gasteiger partial charge in [-0.05, 0) is 37.2 Å². The largest absolute Gasteiger partial charge is 0.325 e. The maximum Gasteiger partial charge on any atom is 0.238 e. The Balaban J connectivity index is 0.00000192. The van der Waals surface area contributed by atoms with Gasteiger partial charge in [-0.2, -0.15) is 0 Å². The van der Waals surface area contributed by atoms with E-state index in [0.717, 1.165) is 49.4 Å². The summed E-state index contributed by atoms with van der Waals surface area (Å²) < 4.78 is 1.02. The lowest BCUT2D eigenvalue weighted by molar-refractivity contribution is -0.117. The van der Waals surface area contributed by atoms with Gasteiger partial charge < -0.3 is 10.6 Å². The van der Waals surface area contributed by atoms with Gasteiger partial charge in [-0.25, -0.2) is 0 Å². The molecular formula is C16H24BrClN4O. The van der Waals surface area contributed by atoms with Crippen molar-refractivity contribution in [2.24, 2.45) is 0 Å². The normalized spacial score (nSPS) is 22.6. The van der Waals surface area contributed by atoms with Crippen LogP contribution >= 0.6 is 28.3 Å². The molecule has 0 aliphatic carbocycles. The molecule has 1 aromatic rings. The van der Waals surface area contributed by atoms with Crippen molar-refractivity contribution in [1.29, 1.82) is 0 Å². The summed E-state index contributed by atoms with van der Waals surface area (Å²) in [6, 6.07) is 8.38. The molecule has 5 nitrogen and oxygen atoms in total. The fraction of sp³-hybridized carbons (Fsp3) is 0.562. The van der Waals surface area contributed by atoms with Crippen molar-refractivity contribution in [3.8, 4) is 0 Å². The van der Waals surface area contributed by atoms with Gasteiger partial charge in [0.2, 0.25) is 5.91 Å². The molecule has 0 spiro atoms. The topological polar surface area (TPSA) is 47.6 Å². The van der Waals surface area contributed by atoms with E-state index in [1.54, 1.807) is 0 Å². The van der Waals surface area contributed by atoms with Crippen LogP contribution in [0.25, 0.3) is 0 Å². The Labute approximate surface area is 152 Å². The highest BCUT2D eigenvalue weighted by atomic mass is 79.9. The standard InChI is InChI=1S/C16H23BrN4O.ClH/c17-13-1-3-14(4-2-13)19-16(22)12-20-7-9-21(10-8-20)15-5-6-18-11-15;/h1-4,15,18H,5-12H2,(H,19,22);1H. The lowest BCUT2D eigenvalue weighted by atomic mass is 10.2. The summed E-state index contributed by atoms with van der Waals surface area (Å²) in [5, 5.41) is 6.38. The van der Waals surface area contributed by atoms with E-state index < -0.39 is 0 Å². The maximum atomic E-state index is 12.1. The third kappa shape index (κ3) is 5.43. The maximum absolute atomic E-state index is 12.1. The van der Waals surface area contributed by atoms with Crippen molar-refractivity contribution in [3.05, 3.63) is 28.7 Å². The third-order valence-corrected chi connectivity index (χ3v) is 4.98. The molecule has 1 amide bonds. The van der Waals surface area contributed by atoms with Crippen molar-refractivity contribution in [2.75, 3.05) is 51.1 Å². The van der Waals surface area contributed by atoms with Crippen LogP contribution in [0.4, 0.5) is 5.69 Å². The Bertz CT molecular complexity index is 499. The van der Waals surface area contributed by atoms with Gasteiger partial charge in [0.05, 0.1) is 6.54 Å². The lowest BCUT2D eigenvalue weighted by Gasteiger charge is -2.37. The Morgan fingerprint density at radius 3 is 2.52 bits per heavy atom. The van der Waals surface area contributed by atoms with Crippen LogP contribution in [0.1, 0.15) is 6.42 Å². The highest BCUT2D eigenvalue weighted by Gasteiger charge is 2.26. The minimum Gasteiger partial charge on any atom is -0.325 e. The van der Waals surface area contributed by atoms with Crippen molar-refractivity contribution < 1.29 is 4.79 Å². The molecule has 2 fully saturated rings. The number of nitrogens with zero attached hydrogens (tertiary/aromatic N) is 2. The predicted molar refractivity (Wildman–Crippen MR) is 99.3 cm³/mol. The molecule has 1 atom stereocenters. The average molecular weight is 404 g/mol. The predicted octanol–water partition coefficient (Wildman–Crippen LogP) is 1.79. The molecule has 0 saturated carbocycles. The third-order valence-electron chi connectivity index (χ3n) is 4.45. The summed E-state index contributed by atoms with van der Waals surface area (Å²) in [4.78, 5) is 16.9. The first kappa shape index (κ1) is 18.7. The van der Waals surface area contributed by atoms with Gasteiger partial charge in [0, 0.05) is 48.9 Å². The molecule has 7 heteroatoms. The van der Waals surface area contributed by atoms with Crippen molar-refractivity contribution in [2.45, 2.75) is 12.5 Å². The smallest absolute Gasteiger partial charge is 0.238 e. The number of anilines is 1. The van der Waals surface area contributed by atoms with E-state index in [-0.39, 0.29) is 18.3 Å². The zero-order chi connectivity index (χ0) is 15.4. The van der Waals surface area contributed by atoms with Crippen LogP contribution in [0.3, 0.4) is 0 Å². The Morgan fingerprint density at radius 1 is 1.22 bits per heavy atom. The van der Waals surface area contributed by atoms with E-state index in [1.807, 2.05) is 24.3 Å². The van der Waals surface area contributed by atoms with Crippen LogP contribution in [0, 0.1) is 0 Å². The van der Waals surface area contributed by atoms with Gasteiger partial charge in [0.25, 0.3) is 0 Å². The summed E-state index contributed by atoms with van der Waals surface area (Å²) in [5.74, 6) is 0.0679. The fourth-order valence-electron chi connectivity index (χ4n) is 3.17. The van der Waals surface area contributed by atoms with Crippen LogP contribution in [0.15, 0.2) is 28.7 Å². The number of hydrogen-bond acceptors (Lipinski definition) is 4. The minimum atomic E-state index is 0. The van der Waals surface area contributed by atoms with E-state index >= 15 is 0 Å². The zero-order valence-corrected chi connectivity index (χ0v) is 15.5. The van der Waals surface area contributed by atoms with Crippen LogP contribution < -0.4 is 10.6 Å². The monoisotopic (exact) mass is 402 g/mol. The molecule has 3 rings (SSSR count). The first-order chi connectivity index (χ1) is 10.7. The molecule has 1 aromatic carbocycles. The van der Waals surface area contributed by atoms with E-state index in [1.165, 1.54) is 6.42 Å². The molecule has 2 heterocycles. The minimum absolute atomic E-state index is 0. The molecular weight excluding hydrogens is 380 g/mol. The van der Waals surface area contributed by atoms with Crippen molar-refractivity contribution >= 4 is 39.9 Å². The Kier molecular flexibility index (Phi) is 7.30. The van der Waals surface area contributed by atoms with E-state index in [9.17, 15) is 4.79 Å². The highest BCUT2D eigenvalue weighted by molar-refractivity contribution is 9.10. The first-order valence-corrected chi connectivity index (χ1v) is 8.72. The Morgan fingerprint density at radius 2 is 1.91 bits per heavy atom. The van der Waals surface area contributed by atoms with E-state index in [4.69, 9.17) is 0 Å². The summed E-state index contributed by atoms with van der Waals surface area (Å²) in [7, 11) is 0. The van der Waals surface area contributed by atoms with Crippen LogP contribution in [-0.4, -0.2) is 67.6 Å². The van der Waals surface area contributed by atoms with Gasteiger partial charge in [-0.3, -0.25) is 14.6 Å². The number of rotatable bonds is 4. The highest BCUT2D eigenvalue weighted by Crippen LogP contribution is 2.15. The molecule has 1 unspecified atom stereocenters. The van der Waals surface area contributed by atoms with Crippen molar-refractivity contribution in [3.63, 3.8) is 0 Å². The Hall–Kier alpha value is -0.660. The van der Waals surface area contributed by atoms with Crippen molar-refractivity contribution in [1.82, 2.24) is 15.1 Å². The number of hydrogen-bond donors (Lipinski definition) is 2. The number of nitrogens with one attached hydrogen (secondary N) is 2. The lowest BCUT2D eigenvalue weighted by Crippen LogP contribution is -2.52. The van der Waals surface area contributed by atoms with Gasteiger partial charge in [-0.15, -0.1) is 12.4 Å². The molecule has 2 N–H and O–H groups in total. The molecule has 23 heavy (non-hydrogen) atoms. The second-order valence-electron chi connectivity index (χ2n) is 6.01. The number of amides is 1. The average Bonchev–Trinajstić information content (AvgIpc) is 3.05. The quantitative estimate of drug-likeness (QED) is 0.805. The summed E-state index contributed by atoms with van der Waals surface area (Å²) in [6.07, 6.45) is 1.25. The zero-order valence-electron chi connectivity index (χ0n) is 13.1. The molecule has 0 radical (unpaired) electrons. The molecule has 0 aromatic heterocycles. The fourth-order valence-corrected chi connectivity index (χ4v) is 3.44. The second-order valence-corrected chi connectivity index (χ2v) is 6.93. The number of carbonyl (C=O) groups excluding carboxylic acids is 1. The van der Waals surface area contributed by atoms with Crippen LogP contribution in [0.5, 0.6) is 0 Å². The number of benzene rings is 1. The van der Waals surface area contributed by atoms with E-state index in [0.29, 0.717) is 12.6 Å². The van der Waals surface area contributed by atoms with Crippen LogP contribution in [-0.2, 0) is 4.79 Å². The van der Waals surface area contributed by atoms with Gasteiger partial charge >= 0.3 is 0 Å². The number of carbonyl (C=O) groups is 1. The molecule has 2 aliphatic heterocycles. The molecule has 2 saturated heterocycles. The van der Waals surface area contributed by atoms with Crippen LogP contribution in [0.2, 0.25) is 0 Å². The second kappa shape index (κ2) is 8.99. The van der Waals surface area contributed by atoms with Gasteiger partial charge in [-0.1, -0.05) is 15.9 Å². The van der Waals surface area contributed by atoms with E-state index in [2.05, 4.69) is 36.4 Å².